The number of carbonyl (C=O) groups excluding carboxylic acids is 1. The summed E-state index contributed by atoms with van der Waals surface area (Å²) in [7, 11) is 1.59. The Morgan fingerprint density at radius 1 is 1.29 bits per heavy atom. The van der Waals surface area contributed by atoms with Crippen molar-refractivity contribution in [3.05, 3.63) is 29.8 Å². The molecule has 0 aliphatic rings. The number of rotatable bonds is 10. The Bertz CT molecular complexity index is 431. The Labute approximate surface area is 128 Å². The summed E-state index contributed by atoms with van der Waals surface area (Å²) >= 11 is 0. The maximum absolute atomic E-state index is 12.4. The number of para-hydroxylation sites is 1. The molecular weight excluding hydrogens is 264 g/mol. The number of hydrogen-bond acceptors (Lipinski definition) is 4. The van der Waals surface area contributed by atoms with Gasteiger partial charge in [0.15, 0.2) is 5.78 Å². The van der Waals surface area contributed by atoms with Gasteiger partial charge in [0.05, 0.1) is 18.7 Å². The molecule has 4 nitrogen and oxygen atoms in total. The second-order valence-corrected chi connectivity index (χ2v) is 5.12. The second kappa shape index (κ2) is 9.53. The zero-order valence-electron chi connectivity index (χ0n) is 13.7. The lowest BCUT2D eigenvalue weighted by Crippen LogP contribution is -2.36. The molecule has 0 aromatic heterocycles. The maximum atomic E-state index is 12.4. The summed E-state index contributed by atoms with van der Waals surface area (Å²) in [5, 5.41) is 3.30. The summed E-state index contributed by atoms with van der Waals surface area (Å²) < 4.78 is 5.25. The third-order valence-electron chi connectivity index (χ3n) is 3.76. The van der Waals surface area contributed by atoms with E-state index in [1.807, 2.05) is 31.2 Å². The van der Waals surface area contributed by atoms with Gasteiger partial charge < -0.3 is 15.0 Å². The van der Waals surface area contributed by atoms with Crippen LogP contribution < -0.4 is 10.1 Å². The minimum atomic E-state index is -0.196. The number of nitrogens with one attached hydrogen (secondary N) is 1. The SMILES string of the molecule is CCN(CC)CCCNC(C)C(=O)c1ccccc1OC. The van der Waals surface area contributed by atoms with Gasteiger partial charge in [-0.3, -0.25) is 4.79 Å². The first-order valence-electron chi connectivity index (χ1n) is 7.76. The van der Waals surface area contributed by atoms with Crippen molar-refractivity contribution in [1.29, 1.82) is 0 Å². The summed E-state index contributed by atoms with van der Waals surface area (Å²) in [6.45, 7) is 10.3. The summed E-state index contributed by atoms with van der Waals surface area (Å²) in [6, 6.07) is 7.17. The van der Waals surface area contributed by atoms with Crippen molar-refractivity contribution in [2.75, 3.05) is 33.3 Å². The summed E-state index contributed by atoms with van der Waals surface area (Å²) in [6.07, 6.45) is 1.05. The maximum Gasteiger partial charge on any atom is 0.183 e. The smallest absolute Gasteiger partial charge is 0.183 e. The van der Waals surface area contributed by atoms with E-state index in [2.05, 4.69) is 24.1 Å². The summed E-state index contributed by atoms with van der Waals surface area (Å²) in [5.41, 5.74) is 0.642. The Balaban J connectivity index is 2.44. The third-order valence-corrected chi connectivity index (χ3v) is 3.76. The average molecular weight is 292 g/mol. The lowest BCUT2D eigenvalue weighted by Gasteiger charge is -2.19. The highest BCUT2D eigenvalue weighted by Crippen LogP contribution is 2.18. The normalized spacial score (nSPS) is 12.4. The minimum Gasteiger partial charge on any atom is -0.496 e. The lowest BCUT2D eigenvalue weighted by molar-refractivity contribution is 0.0947. The molecule has 0 amide bonds. The predicted molar refractivity (Wildman–Crippen MR) is 87.2 cm³/mol. The Morgan fingerprint density at radius 3 is 2.57 bits per heavy atom. The molecule has 1 N–H and O–H groups in total. The van der Waals surface area contributed by atoms with Gasteiger partial charge in [-0.15, -0.1) is 0 Å². The molecule has 118 valence electrons. The molecule has 0 aliphatic heterocycles. The molecule has 1 aromatic carbocycles. The van der Waals surface area contributed by atoms with Crippen LogP contribution in [-0.2, 0) is 0 Å². The molecule has 0 aliphatic carbocycles. The van der Waals surface area contributed by atoms with Gasteiger partial charge in [-0.05, 0) is 51.7 Å². The third kappa shape index (κ3) is 5.48. The standard InChI is InChI=1S/C17H28N2O2/c1-5-19(6-2)13-9-12-18-14(3)17(20)15-10-7-8-11-16(15)21-4/h7-8,10-11,14,18H,5-6,9,12-13H2,1-4H3. The molecule has 21 heavy (non-hydrogen) atoms. The number of ketones is 1. The summed E-state index contributed by atoms with van der Waals surface area (Å²) in [5.74, 6) is 0.717. The van der Waals surface area contributed by atoms with E-state index in [1.54, 1.807) is 7.11 Å². The van der Waals surface area contributed by atoms with Crippen LogP contribution in [-0.4, -0.2) is 50.0 Å². The first-order valence-corrected chi connectivity index (χ1v) is 7.76. The van der Waals surface area contributed by atoms with Crippen LogP contribution in [0.3, 0.4) is 0 Å². The van der Waals surface area contributed by atoms with E-state index in [9.17, 15) is 4.79 Å². The molecular formula is C17H28N2O2. The van der Waals surface area contributed by atoms with Gasteiger partial charge in [0.2, 0.25) is 0 Å². The minimum absolute atomic E-state index is 0.0790. The van der Waals surface area contributed by atoms with E-state index in [4.69, 9.17) is 4.74 Å². The number of carbonyl (C=O) groups is 1. The van der Waals surface area contributed by atoms with Crippen LogP contribution >= 0.6 is 0 Å². The highest BCUT2D eigenvalue weighted by Gasteiger charge is 2.17. The van der Waals surface area contributed by atoms with Crippen LogP contribution in [0.4, 0.5) is 0 Å². The van der Waals surface area contributed by atoms with E-state index in [0.29, 0.717) is 11.3 Å². The Kier molecular flexibility index (Phi) is 8.01. The van der Waals surface area contributed by atoms with Gasteiger partial charge in [0.1, 0.15) is 5.75 Å². The molecule has 1 aromatic rings. The number of ether oxygens (including phenoxy) is 1. The number of Topliss-reactive ketones (excluding diaryl/α,β-unsaturated/α-hetero) is 1. The van der Waals surface area contributed by atoms with Crippen molar-refractivity contribution in [2.24, 2.45) is 0 Å². The van der Waals surface area contributed by atoms with Gasteiger partial charge in [0, 0.05) is 0 Å². The van der Waals surface area contributed by atoms with Crippen LogP contribution in [0, 0.1) is 0 Å². The average Bonchev–Trinajstić information content (AvgIpc) is 2.54. The van der Waals surface area contributed by atoms with Crippen molar-refractivity contribution in [3.8, 4) is 5.75 Å². The van der Waals surface area contributed by atoms with Gasteiger partial charge >= 0.3 is 0 Å². The van der Waals surface area contributed by atoms with Gasteiger partial charge in [-0.1, -0.05) is 26.0 Å². The van der Waals surface area contributed by atoms with Crippen molar-refractivity contribution >= 4 is 5.78 Å². The molecule has 0 radical (unpaired) electrons. The zero-order chi connectivity index (χ0) is 15.7. The van der Waals surface area contributed by atoms with Crippen LogP contribution in [0.1, 0.15) is 37.6 Å². The van der Waals surface area contributed by atoms with Crippen molar-refractivity contribution in [1.82, 2.24) is 10.2 Å². The predicted octanol–water partition coefficient (Wildman–Crippen LogP) is 2.59. The number of nitrogens with zero attached hydrogens (tertiary/aromatic N) is 1. The first-order chi connectivity index (χ1) is 10.1. The highest BCUT2D eigenvalue weighted by atomic mass is 16.5. The largest absolute Gasteiger partial charge is 0.496 e. The van der Waals surface area contributed by atoms with Crippen LogP contribution in [0.2, 0.25) is 0 Å². The van der Waals surface area contributed by atoms with Gasteiger partial charge in [0.25, 0.3) is 0 Å². The van der Waals surface area contributed by atoms with Gasteiger partial charge in [-0.25, -0.2) is 0 Å². The molecule has 1 atom stereocenters. The van der Waals surface area contributed by atoms with Crippen LogP contribution in [0.15, 0.2) is 24.3 Å². The van der Waals surface area contributed by atoms with Crippen molar-refractivity contribution < 1.29 is 9.53 Å². The van der Waals surface area contributed by atoms with Crippen LogP contribution in [0.25, 0.3) is 0 Å². The molecule has 4 heteroatoms. The van der Waals surface area contributed by atoms with Crippen molar-refractivity contribution in [3.63, 3.8) is 0 Å². The van der Waals surface area contributed by atoms with E-state index in [1.165, 1.54) is 0 Å². The van der Waals surface area contributed by atoms with Gasteiger partial charge in [-0.2, -0.15) is 0 Å². The fourth-order valence-corrected chi connectivity index (χ4v) is 2.34. The van der Waals surface area contributed by atoms with E-state index in [0.717, 1.165) is 32.6 Å². The Morgan fingerprint density at radius 2 is 1.95 bits per heavy atom. The molecule has 0 spiro atoms. The van der Waals surface area contributed by atoms with E-state index in [-0.39, 0.29) is 11.8 Å². The first kappa shape index (κ1) is 17.7. The molecule has 1 unspecified atom stereocenters. The van der Waals surface area contributed by atoms with E-state index < -0.39 is 0 Å². The fourth-order valence-electron chi connectivity index (χ4n) is 2.34. The monoisotopic (exact) mass is 292 g/mol. The quantitative estimate of drug-likeness (QED) is 0.531. The number of methoxy groups -OCH3 is 1. The number of hydrogen-bond donors (Lipinski definition) is 1. The molecule has 0 saturated heterocycles. The van der Waals surface area contributed by atoms with E-state index >= 15 is 0 Å². The molecule has 0 saturated carbocycles. The highest BCUT2D eigenvalue weighted by molar-refractivity contribution is 6.02. The zero-order valence-corrected chi connectivity index (χ0v) is 13.7. The number of benzene rings is 1. The topological polar surface area (TPSA) is 41.6 Å². The van der Waals surface area contributed by atoms with Crippen molar-refractivity contribution in [2.45, 2.75) is 33.2 Å². The fraction of sp³-hybridized carbons (Fsp3) is 0.588. The molecule has 0 bridgehead atoms. The molecule has 1 rings (SSSR count). The second-order valence-electron chi connectivity index (χ2n) is 5.12. The lowest BCUT2D eigenvalue weighted by atomic mass is 10.0. The molecule has 0 fully saturated rings. The Hall–Kier alpha value is -1.39. The molecule has 0 heterocycles. The summed E-state index contributed by atoms with van der Waals surface area (Å²) in [4.78, 5) is 14.8. The van der Waals surface area contributed by atoms with Crippen LogP contribution in [0.5, 0.6) is 5.75 Å².